The predicted molar refractivity (Wildman–Crippen MR) is 76.0 cm³/mol. The summed E-state index contributed by atoms with van der Waals surface area (Å²) in [4.78, 5) is 24.3. The van der Waals surface area contributed by atoms with Crippen molar-refractivity contribution in [3.05, 3.63) is 53.6 Å². The average Bonchev–Trinajstić information content (AvgIpc) is 2.39. The van der Waals surface area contributed by atoms with Crippen LogP contribution in [0.2, 0.25) is 0 Å². The predicted octanol–water partition coefficient (Wildman–Crippen LogP) is 3.28. The molecule has 3 rings (SSSR count). The van der Waals surface area contributed by atoms with E-state index in [-0.39, 0.29) is 11.6 Å². The van der Waals surface area contributed by atoms with Crippen LogP contribution in [-0.4, -0.2) is 11.6 Å². The van der Waals surface area contributed by atoms with Gasteiger partial charge in [0.1, 0.15) is 5.41 Å². The first-order valence-electron chi connectivity index (χ1n) is 6.31. The van der Waals surface area contributed by atoms with E-state index in [0.29, 0.717) is 0 Å². The van der Waals surface area contributed by atoms with Crippen LogP contribution in [0.5, 0.6) is 0 Å². The summed E-state index contributed by atoms with van der Waals surface area (Å²) in [5.41, 5.74) is 0.753. The van der Waals surface area contributed by atoms with E-state index >= 15 is 0 Å². The van der Waals surface area contributed by atoms with Gasteiger partial charge < -0.3 is 0 Å². The number of ketones is 2. The highest BCUT2D eigenvalue weighted by Crippen LogP contribution is 2.40. The first kappa shape index (κ1) is 11.8. The zero-order valence-electron chi connectivity index (χ0n) is 10.9. The maximum atomic E-state index is 12.1. The van der Waals surface area contributed by atoms with Crippen LogP contribution in [0, 0.1) is 0 Å². The average molecular weight is 250 g/mol. The lowest BCUT2D eigenvalue weighted by molar-refractivity contribution is -0.130. The van der Waals surface area contributed by atoms with Crippen LogP contribution in [-0.2, 0) is 15.0 Å². The Morgan fingerprint density at radius 1 is 0.947 bits per heavy atom. The van der Waals surface area contributed by atoms with Crippen molar-refractivity contribution < 1.29 is 9.59 Å². The van der Waals surface area contributed by atoms with Crippen LogP contribution in [0.15, 0.2) is 42.5 Å². The second-order valence-corrected chi connectivity index (χ2v) is 5.00. The second-order valence-electron chi connectivity index (χ2n) is 5.00. The number of carbonyl (C=O) groups excluding carboxylic acids is 2. The lowest BCUT2D eigenvalue weighted by atomic mass is 9.69. The molecule has 0 atom stereocenters. The Hall–Kier alpha value is -2.22. The van der Waals surface area contributed by atoms with Gasteiger partial charge in [-0.1, -0.05) is 48.6 Å². The molecule has 2 nitrogen and oxygen atoms in total. The zero-order chi connectivity index (χ0) is 13.6. The van der Waals surface area contributed by atoms with Crippen LogP contribution < -0.4 is 0 Å². The minimum absolute atomic E-state index is 0.127. The highest BCUT2D eigenvalue weighted by atomic mass is 16.2. The molecule has 0 saturated heterocycles. The van der Waals surface area contributed by atoms with E-state index < -0.39 is 5.41 Å². The van der Waals surface area contributed by atoms with Crippen molar-refractivity contribution in [3.8, 4) is 0 Å². The van der Waals surface area contributed by atoms with Gasteiger partial charge in [-0.2, -0.15) is 0 Å². The summed E-state index contributed by atoms with van der Waals surface area (Å²) in [6.45, 7) is 2.97. The van der Waals surface area contributed by atoms with E-state index in [2.05, 4.69) is 0 Å². The number of carbonyl (C=O) groups is 2. The fraction of sp³-hybridized carbons (Fsp3) is 0.176. The number of rotatable bonds is 2. The van der Waals surface area contributed by atoms with Gasteiger partial charge in [-0.05, 0) is 35.7 Å². The molecule has 2 aromatic carbocycles. The van der Waals surface area contributed by atoms with Gasteiger partial charge in [-0.25, -0.2) is 0 Å². The monoisotopic (exact) mass is 250 g/mol. The SMILES string of the molecule is CC(=O)C1(C(C)=O)C=Cc2cccc3cccc1c23. The normalized spacial score (nSPS) is 15.5. The van der Waals surface area contributed by atoms with Gasteiger partial charge in [0.25, 0.3) is 0 Å². The lowest BCUT2D eigenvalue weighted by Gasteiger charge is -2.30. The molecular formula is C17H14O2. The first-order valence-corrected chi connectivity index (χ1v) is 6.31. The number of Topliss-reactive ketones (excluding diaryl/α,β-unsaturated/α-hetero) is 2. The Morgan fingerprint density at radius 2 is 1.58 bits per heavy atom. The molecule has 0 heterocycles. The van der Waals surface area contributed by atoms with E-state index in [4.69, 9.17) is 0 Å². The van der Waals surface area contributed by atoms with Gasteiger partial charge in [-0.3, -0.25) is 9.59 Å². The van der Waals surface area contributed by atoms with Crippen LogP contribution in [0.1, 0.15) is 25.0 Å². The van der Waals surface area contributed by atoms with Crippen LogP contribution in [0.25, 0.3) is 16.8 Å². The fourth-order valence-corrected chi connectivity index (χ4v) is 3.00. The van der Waals surface area contributed by atoms with E-state index in [9.17, 15) is 9.59 Å². The minimum atomic E-state index is -1.12. The van der Waals surface area contributed by atoms with E-state index in [1.807, 2.05) is 42.5 Å². The largest absolute Gasteiger partial charge is 0.298 e. The third-order valence-corrected chi connectivity index (χ3v) is 3.99. The van der Waals surface area contributed by atoms with Gasteiger partial charge in [0.2, 0.25) is 0 Å². The van der Waals surface area contributed by atoms with Crippen molar-refractivity contribution in [3.63, 3.8) is 0 Å². The summed E-state index contributed by atoms with van der Waals surface area (Å²) in [5.74, 6) is -0.253. The Kier molecular flexibility index (Phi) is 2.42. The zero-order valence-corrected chi connectivity index (χ0v) is 10.9. The van der Waals surface area contributed by atoms with Gasteiger partial charge in [-0.15, -0.1) is 0 Å². The maximum absolute atomic E-state index is 12.1. The molecule has 2 aromatic rings. The standard InChI is InChI=1S/C17H14O2/c1-11(18)17(12(2)19)10-9-14-6-3-5-13-7-4-8-15(17)16(13)14/h3-10H,1-2H3. The topological polar surface area (TPSA) is 34.1 Å². The summed E-state index contributed by atoms with van der Waals surface area (Å²) >= 11 is 0. The highest BCUT2D eigenvalue weighted by Gasteiger charge is 2.42. The molecule has 0 radical (unpaired) electrons. The van der Waals surface area contributed by atoms with Crippen molar-refractivity contribution in [2.24, 2.45) is 0 Å². The van der Waals surface area contributed by atoms with Gasteiger partial charge >= 0.3 is 0 Å². The number of hydrogen-bond acceptors (Lipinski definition) is 2. The number of allylic oxidation sites excluding steroid dienone is 1. The highest BCUT2D eigenvalue weighted by molar-refractivity contribution is 6.18. The van der Waals surface area contributed by atoms with Crippen LogP contribution in [0.3, 0.4) is 0 Å². The molecule has 0 spiro atoms. The first-order chi connectivity index (χ1) is 9.07. The third kappa shape index (κ3) is 1.43. The van der Waals surface area contributed by atoms with Gasteiger partial charge in [0, 0.05) is 0 Å². The molecule has 0 aliphatic heterocycles. The molecule has 0 N–H and O–H groups in total. The van der Waals surface area contributed by atoms with Gasteiger partial charge in [0.15, 0.2) is 11.6 Å². The third-order valence-electron chi connectivity index (χ3n) is 3.99. The lowest BCUT2D eigenvalue weighted by Crippen LogP contribution is -2.40. The summed E-state index contributed by atoms with van der Waals surface area (Å²) in [7, 11) is 0. The second kappa shape index (κ2) is 3.89. The molecule has 0 bridgehead atoms. The quantitative estimate of drug-likeness (QED) is 0.766. The van der Waals surface area contributed by atoms with Crippen LogP contribution >= 0.6 is 0 Å². The molecule has 0 amide bonds. The van der Waals surface area contributed by atoms with E-state index in [0.717, 1.165) is 21.9 Å². The number of benzene rings is 2. The molecular weight excluding hydrogens is 236 g/mol. The summed E-state index contributed by atoms with van der Waals surface area (Å²) in [6.07, 6.45) is 3.63. The maximum Gasteiger partial charge on any atom is 0.151 e. The van der Waals surface area contributed by atoms with Crippen molar-refractivity contribution >= 4 is 28.4 Å². The Bertz CT molecular complexity index is 719. The molecule has 0 aromatic heterocycles. The Morgan fingerprint density at radius 3 is 2.21 bits per heavy atom. The molecule has 0 unspecified atom stereocenters. The van der Waals surface area contributed by atoms with Crippen molar-refractivity contribution in [1.82, 2.24) is 0 Å². The summed E-state index contributed by atoms with van der Waals surface area (Å²) < 4.78 is 0. The molecule has 19 heavy (non-hydrogen) atoms. The summed E-state index contributed by atoms with van der Waals surface area (Å²) in [5, 5.41) is 2.07. The Labute approximate surface area is 111 Å². The molecule has 0 fully saturated rings. The van der Waals surface area contributed by atoms with Crippen molar-refractivity contribution in [2.45, 2.75) is 19.3 Å². The van der Waals surface area contributed by atoms with Crippen molar-refractivity contribution in [2.75, 3.05) is 0 Å². The number of hydrogen-bond donors (Lipinski definition) is 0. The van der Waals surface area contributed by atoms with E-state index in [1.165, 1.54) is 13.8 Å². The molecule has 1 aliphatic rings. The molecule has 0 saturated carbocycles. The summed E-state index contributed by atoms with van der Waals surface area (Å²) in [6, 6.07) is 11.8. The Balaban J connectivity index is 2.48. The van der Waals surface area contributed by atoms with Crippen molar-refractivity contribution in [1.29, 1.82) is 0 Å². The molecule has 94 valence electrons. The van der Waals surface area contributed by atoms with E-state index in [1.54, 1.807) is 6.08 Å². The smallest absolute Gasteiger partial charge is 0.151 e. The fourth-order valence-electron chi connectivity index (χ4n) is 3.00. The molecule has 1 aliphatic carbocycles. The van der Waals surface area contributed by atoms with Crippen LogP contribution in [0.4, 0.5) is 0 Å². The molecule has 2 heteroatoms. The minimum Gasteiger partial charge on any atom is -0.298 e. The van der Waals surface area contributed by atoms with Gasteiger partial charge in [0.05, 0.1) is 0 Å².